The molecule has 0 bridgehead atoms. The van der Waals surface area contributed by atoms with Crippen molar-refractivity contribution < 1.29 is 4.79 Å². The Bertz CT molecular complexity index is 388. The largest absolute Gasteiger partial charge is 0.384 e. The van der Waals surface area contributed by atoms with Gasteiger partial charge in [-0.05, 0) is 38.8 Å². The van der Waals surface area contributed by atoms with Gasteiger partial charge in [0.1, 0.15) is 5.69 Å². The quantitative estimate of drug-likeness (QED) is 0.870. The zero-order chi connectivity index (χ0) is 12.3. The highest BCUT2D eigenvalue weighted by Gasteiger charge is 2.26. The third-order valence-corrected chi connectivity index (χ3v) is 3.18. The molecule has 1 fully saturated rings. The molecule has 1 unspecified atom stereocenters. The van der Waals surface area contributed by atoms with E-state index in [2.05, 4.69) is 17.2 Å². The average molecular weight is 233 g/mol. The Kier molecular flexibility index (Phi) is 3.61. The topological polar surface area (TPSA) is 45.2 Å². The number of aromatic nitrogens is 1. The van der Waals surface area contributed by atoms with Crippen molar-refractivity contribution in [2.24, 2.45) is 0 Å². The van der Waals surface area contributed by atoms with E-state index < -0.39 is 0 Å². The summed E-state index contributed by atoms with van der Waals surface area (Å²) in [6.07, 6.45) is 3.92. The molecule has 2 rings (SSSR count). The zero-order valence-corrected chi connectivity index (χ0v) is 10.4. The second-order valence-corrected chi connectivity index (χ2v) is 4.45. The van der Waals surface area contributed by atoms with E-state index in [1.54, 1.807) is 12.3 Å². The van der Waals surface area contributed by atoms with Gasteiger partial charge >= 0.3 is 0 Å². The lowest BCUT2D eigenvalue weighted by Gasteiger charge is -2.20. The summed E-state index contributed by atoms with van der Waals surface area (Å²) >= 11 is 0. The van der Waals surface area contributed by atoms with E-state index in [1.165, 1.54) is 0 Å². The van der Waals surface area contributed by atoms with E-state index in [0.717, 1.165) is 31.6 Å². The molecular weight excluding hydrogens is 214 g/mol. The molecule has 0 spiro atoms. The molecule has 92 valence electrons. The molecule has 4 heteroatoms. The standard InChI is InChI=1S/C13H19N3O/c1-3-14-11-6-7-12(15-9-11)13(17)16-8-4-5-10(16)2/h6-7,9-10,14H,3-5,8H2,1-2H3. The smallest absolute Gasteiger partial charge is 0.272 e. The molecule has 1 atom stereocenters. The zero-order valence-electron chi connectivity index (χ0n) is 10.4. The number of nitrogens with one attached hydrogen (secondary N) is 1. The highest BCUT2D eigenvalue weighted by molar-refractivity contribution is 5.92. The van der Waals surface area contributed by atoms with Gasteiger partial charge in [-0.2, -0.15) is 0 Å². The van der Waals surface area contributed by atoms with Gasteiger partial charge in [0.25, 0.3) is 5.91 Å². The van der Waals surface area contributed by atoms with Crippen LogP contribution in [0.25, 0.3) is 0 Å². The van der Waals surface area contributed by atoms with Gasteiger partial charge < -0.3 is 10.2 Å². The maximum Gasteiger partial charge on any atom is 0.272 e. The number of anilines is 1. The van der Waals surface area contributed by atoms with Gasteiger partial charge in [0.15, 0.2) is 0 Å². The third kappa shape index (κ3) is 2.57. The first-order valence-electron chi connectivity index (χ1n) is 6.23. The van der Waals surface area contributed by atoms with E-state index in [9.17, 15) is 4.79 Å². The van der Waals surface area contributed by atoms with Crippen molar-refractivity contribution in [1.82, 2.24) is 9.88 Å². The van der Waals surface area contributed by atoms with Gasteiger partial charge in [0.05, 0.1) is 11.9 Å². The molecule has 1 aliphatic rings. The lowest BCUT2D eigenvalue weighted by molar-refractivity contribution is 0.0741. The van der Waals surface area contributed by atoms with Crippen molar-refractivity contribution in [3.63, 3.8) is 0 Å². The number of likely N-dealkylation sites (tertiary alicyclic amines) is 1. The molecule has 0 saturated carbocycles. The molecule has 2 heterocycles. The first-order valence-corrected chi connectivity index (χ1v) is 6.23. The van der Waals surface area contributed by atoms with E-state index in [1.807, 2.05) is 17.9 Å². The maximum absolute atomic E-state index is 12.2. The SMILES string of the molecule is CCNc1ccc(C(=O)N2CCCC2C)nc1. The highest BCUT2D eigenvalue weighted by Crippen LogP contribution is 2.19. The van der Waals surface area contributed by atoms with Gasteiger partial charge in [0, 0.05) is 19.1 Å². The minimum atomic E-state index is 0.0537. The minimum Gasteiger partial charge on any atom is -0.384 e. The van der Waals surface area contributed by atoms with Crippen LogP contribution >= 0.6 is 0 Å². The molecule has 17 heavy (non-hydrogen) atoms. The highest BCUT2D eigenvalue weighted by atomic mass is 16.2. The van der Waals surface area contributed by atoms with E-state index in [-0.39, 0.29) is 5.91 Å². The average Bonchev–Trinajstić information content (AvgIpc) is 2.76. The fourth-order valence-electron chi connectivity index (χ4n) is 2.21. The second kappa shape index (κ2) is 5.17. The summed E-state index contributed by atoms with van der Waals surface area (Å²) in [6.45, 7) is 5.84. The summed E-state index contributed by atoms with van der Waals surface area (Å²) in [4.78, 5) is 18.3. The number of rotatable bonds is 3. The van der Waals surface area contributed by atoms with Crippen molar-refractivity contribution in [3.8, 4) is 0 Å². The Morgan fingerprint density at radius 1 is 1.59 bits per heavy atom. The molecule has 1 amide bonds. The molecular formula is C13H19N3O. The lowest BCUT2D eigenvalue weighted by Crippen LogP contribution is -2.34. The molecule has 1 N–H and O–H groups in total. The predicted octanol–water partition coefficient (Wildman–Crippen LogP) is 2.14. The van der Waals surface area contributed by atoms with Crippen molar-refractivity contribution in [2.45, 2.75) is 32.7 Å². The summed E-state index contributed by atoms with van der Waals surface area (Å²) in [6, 6.07) is 4.05. The van der Waals surface area contributed by atoms with Crippen LogP contribution in [0, 0.1) is 0 Å². The van der Waals surface area contributed by atoms with Gasteiger partial charge in [0.2, 0.25) is 0 Å². The fourth-order valence-corrected chi connectivity index (χ4v) is 2.21. The van der Waals surface area contributed by atoms with Crippen molar-refractivity contribution in [1.29, 1.82) is 0 Å². The molecule has 1 aromatic heterocycles. The van der Waals surface area contributed by atoms with E-state index >= 15 is 0 Å². The molecule has 0 aliphatic carbocycles. The molecule has 1 aromatic rings. The van der Waals surface area contributed by atoms with Crippen LogP contribution in [0.2, 0.25) is 0 Å². The number of hydrogen-bond acceptors (Lipinski definition) is 3. The molecule has 4 nitrogen and oxygen atoms in total. The van der Waals surface area contributed by atoms with Crippen LogP contribution < -0.4 is 5.32 Å². The fraction of sp³-hybridized carbons (Fsp3) is 0.538. The third-order valence-electron chi connectivity index (χ3n) is 3.18. The van der Waals surface area contributed by atoms with Crippen molar-refractivity contribution >= 4 is 11.6 Å². The summed E-state index contributed by atoms with van der Waals surface area (Å²) in [7, 11) is 0. The number of carbonyl (C=O) groups is 1. The van der Waals surface area contributed by atoms with Crippen LogP contribution in [0.3, 0.4) is 0 Å². The van der Waals surface area contributed by atoms with Gasteiger partial charge in [-0.15, -0.1) is 0 Å². The van der Waals surface area contributed by atoms with Crippen LogP contribution in [0.4, 0.5) is 5.69 Å². The van der Waals surface area contributed by atoms with Crippen LogP contribution in [0.1, 0.15) is 37.2 Å². The van der Waals surface area contributed by atoms with Gasteiger partial charge in [-0.3, -0.25) is 4.79 Å². The normalized spacial score (nSPS) is 19.4. The lowest BCUT2D eigenvalue weighted by atomic mass is 10.2. The number of hydrogen-bond donors (Lipinski definition) is 1. The predicted molar refractivity (Wildman–Crippen MR) is 68.1 cm³/mol. The minimum absolute atomic E-state index is 0.0537. The van der Waals surface area contributed by atoms with Crippen LogP contribution in [0.5, 0.6) is 0 Å². The summed E-state index contributed by atoms with van der Waals surface area (Å²) in [5.41, 5.74) is 1.50. The molecule has 0 radical (unpaired) electrons. The summed E-state index contributed by atoms with van der Waals surface area (Å²) < 4.78 is 0. The number of pyridine rings is 1. The first kappa shape index (κ1) is 11.9. The Hall–Kier alpha value is -1.58. The Labute approximate surface area is 102 Å². The number of carbonyl (C=O) groups excluding carboxylic acids is 1. The molecule has 0 aromatic carbocycles. The summed E-state index contributed by atoms with van der Waals surface area (Å²) in [5.74, 6) is 0.0537. The molecule has 1 aliphatic heterocycles. The second-order valence-electron chi connectivity index (χ2n) is 4.45. The van der Waals surface area contributed by atoms with E-state index in [4.69, 9.17) is 0 Å². The van der Waals surface area contributed by atoms with Gasteiger partial charge in [-0.1, -0.05) is 0 Å². The number of nitrogens with zero attached hydrogens (tertiary/aromatic N) is 2. The Balaban J connectivity index is 2.08. The van der Waals surface area contributed by atoms with Crippen LogP contribution in [0.15, 0.2) is 18.3 Å². The van der Waals surface area contributed by atoms with Crippen LogP contribution in [-0.2, 0) is 0 Å². The van der Waals surface area contributed by atoms with E-state index in [0.29, 0.717) is 11.7 Å². The first-order chi connectivity index (χ1) is 8.22. The monoisotopic (exact) mass is 233 g/mol. The Morgan fingerprint density at radius 3 is 2.94 bits per heavy atom. The molecule has 1 saturated heterocycles. The number of amides is 1. The summed E-state index contributed by atoms with van der Waals surface area (Å²) in [5, 5.41) is 3.16. The van der Waals surface area contributed by atoms with Crippen molar-refractivity contribution in [2.75, 3.05) is 18.4 Å². The van der Waals surface area contributed by atoms with Crippen LogP contribution in [-0.4, -0.2) is 34.9 Å². The Morgan fingerprint density at radius 2 is 2.41 bits per heavy atom. The maximum atomic E-state index is 12.2. The van der Waals surface area contributed by atoms with Crippen molar-refractivity contribution in [3.05, 3.63) is 24.0 Å². The van der Waals surface area contributed by atoms with Gasteiger partial charge in [-0.25, -0.2) is 4.98 Å².